The highest BCUT2D eigenvalue weighted by atomic mass is 32.2. The van der Waals surface area contributed by atoms with Crippen LogP contribution in [-0.4, -0.2) is 16.5 Å². The maximum atomic E-state index is 12.1. The number of carbonyl (C=O) groups excluding carboxylic acids is 1. The van der Waals surface area contributed by atoms with E-state index < -0.39 is 0 Å². The molecule has 0 atom stereocenters. The lowest BCUT2D eigenvalue weighted by molar-refractivity contribution is 0.102. The second kappa shape index (κ2) is 5.89. The molecule has 0 unspecified atom stereocenters. The highest BCUT2D eigenvalue weighted by Gasteiger charge is 2.11. The van der Waals surface area contributed by atoms with Crippen molar-refractivity contribution in [1.82, 2.24) is 4.98 Å². The Balaban J connectivity index is 2.05. The second-order valence-electron chi connectivity index (χ2n) is 4.47. The van der Waals surface area contributed by atoms with Crippen molar-refractivity contribution < 1.29 is 4.79 Å². The van der Waals surface area contributed by atoms with E-state index >= 15 is 0 Å². The number of benzene rings is 1. The summed E-state index contributed by atoms with van der Waals surface area (Å²) in [6, 6.07) is 9.90. The molecule has 0 fully saturated rings. The highest BCUT2D eigenvalue weighted by Crippen LogP contribution is 2.21. The molecule has 1 heterocycles. The van der Waals surface area contributed by atoms with Gasteiger partial charge in [0.15, 0.2) is 5.78 Å². The van der Waals surface area contributed by atoms with Gasteiger partial charge < -0.3 is 5.73 Å². The zero-order valence-corrected chi connectivity index (χ0v) is 11.8. The van der Waals surface area contributed by atoms with Gasteiger partial charge in [0.1, 0.15) is 5.82 Å². The van der Waals surface area contributed by atoms with Crippen LogP contribution in [0.15, 0.2) is 41.4 Å². The minimum absolute atomic E-state index is 0.0132. The van der Waals surface area contributed by atoms with Crippen molar-refractivity contribution in [2.24, 2.45) is 0 Å². The first-order valence-corrected chi connectivity index (χ1v) is 6.99. The van der Waals surface area contributed by atoms with Crippen molar-refractivity contribution in [2.45, 2.75) is 18.7 Å². The van der Waals surface area contributed by atoms with Crippen LogP contribution >= 0.6 is 11.8 Å². The number of thioether (sulfide) groups is 1. The van der Waals surface area contributed by atoms with Crippen LogP contribution in [0.1, 0.15) is 21.5 Å². The number of ketones is 1. The summed E-state index contributed by atoms with van der Waals surface area (Å²) in [4.78, 5) is 17.2. The van der Waals surface area contributed by atoms with E-state index in [1.54, 1.807) is 12.3 Å². The minimum Gasteiger partial charge on any atom is -0.383 e. The molecule has 0 amide bonds. The van der Waals surface area contributed by atoms with Crippen molar-refractivity contribution in [3.05, 3.63) is 53.2 Å². The molecule has 0 bridgehead atoms. The van der Waals surface area contributed by atoms with Gasteiger partial charge >= 0.3 is 0 Å². The summed E-state index contributed by atoms with van der Waals surface area (Å²) in [7, 11) is 0. The third-order valence-electron chi connectivity index (χ3n) is 2.75. The highest BCUT2D eigenvalue weighted by molar-refractivity contribution is 8.00. The molecule has 0 radical (unpaired) electrons. The van der Waals surface area contributed by atoms with Gasteiger partial charge in [-0.2, -0.15) is 0 Å². The Morgan fingerprint density at radius 3 is 2.58 bits per heavy atom. The summed E-state index contributed by atoms with van der Waals surface area (Å²) >= 11 is 1.51. The maximum Gasteiger partial charge on any atom is 0.176 e. The number of nitrogen functional groups attached to an aromatic ring is 1. The molecule has 98 valence electrons. The van der Waals surface area contributed by atoms with E-state index in [9.17, 15) is 4.79 Å². The average molecular weight is 272 g/mol. The number of aryl methyl sites for hydroxylation is 2. The van der Waals surface area contributed by atoms with Crippen molar-refractivity contribution in [3.63, 3.8) is 0 Å². The van der Waals surface area contributed by atoms with Crippen LogP contribution < -0.4 is 5.73 Å². The Hall–Kier alpha value is -1.81. The Kier molecular flexibility index (Phi) is 4.22. The van der Waals surface area contributed by atoms with E-state index in [1.165, 1.54) is 17.3 Å². The quantitative estimate of drug-likeness (QED) is 0.685. The molecule has 0 spiro atoms. The van der Waals surface area contributed by atoms with Gasteiger partial charge in [-0.15, -0.1) is 11.8 Å². The fourth-order valence-corrected chi connectivity index (χ4v) is 2.45. The van der Waals surface area contributed by atoms with Gasteiger partial charge in [0.25, 0.3) is 0 Å². The van der Waals surface area contributed by atoms with Crippen molar-refractivity contribution in [3.8, 4) is 0 Å². The first-order chi connectivity index (χ1) is 9.06. The third-order valence-corrected chi connectivity index (χ3v) is 3.76. The summed E-state index contributed by atoms with van der Waals surface area (Å²) in [6.45, 7) is 3.94. The van der Waals surface area contributed by atoms with Crippen LogP contribution in [0.2, 0.25) is 0 Å². The van der Waals surface area contributed by atoms with E-state index in [4.69, 9.17) is 5.73 Å². The maximum absolute atomic E-state index is 12.1. The molecule has 1 aromatic carbocycles. The largest absolute Gasteiger partial charge is 0.383 e. The number of pyridine rings is 1. The first kappa shape index (κ1) is 13.6. The number of hydrogen-bond acceptors (Lipinski definition) is 4. The molecule has 0 saturated heterocycles. The molecule has 2 N–H and O–H groups in total. The van der Waals surface area contributed by atoms with E-state index in [1.807, 2.05) is 38.1 Å². The van der Waals surface area contributed by atoms with E-state index in [-0.39, 0.29) is 5.78 Å². The molecule has 4 heteroatoms. The Labute approximate surface area is 117 Å². The normalized spacial score (nSPS) is 10.4. The number of Topliss-reactive ketones (excluding diaryl/α,β-unsaturated/α-hetero) is 1. The number of nitrogens with two attached hydrogens (primary N) is 1. The fraction of sp³-hybridized carbons (Fsp3) is 0.200. The van der Waals surface area contributed by atoms with Crippen LogP contribution in [-0.2, 0) is 0 Å². The van der Waals surface area contributed by atoms with Crippen molar-refractivity contribution in [1.29, 1.82) is 0 Å². The van der Waals surface area contributed by atoms with Gasteiger partial charge in [0.2, 0.25) is 0 Å². The fourth-order valence-electron chi connectivity index (χ4n) is 1.66. The Morgan fingerprint density at radius 1 is 1.21 bits per heavy atom. The van der Waals surface area contributed by atoms with Gasteiger partial charge in [-0.05, 0) is 37.6 Å². The van der Waals surface area contributed by atoms with E-state index in [2.05, 4.69) is 4.98 Å². The second-order valence-corrected chi connectivity index (χ2v) is 5.52. The SMILES string of the molecule is Cc1ccc(SCC(=O)c2cc(C)cnc2N)cc1. The van der Waals surface area contributed by atoms with E-state index in [0.717, 1.165) is 10.5 Å². The first-order valence-electron chi connectivity index (χ1n) is 6.01. The smallest absolute Gasteiger partial charge is 0.176 e. The predicted octanol–water partition coefficient (Wildman–Crippen LogP) is 3.26. The number of rotatable bonds is 4. The Morgan fingerprint density at radius 2 is 1.89 bits per heavy atom. The molecule has 2 rings (SSSR count). The standard InChI is InChI=1S/C15H16N2OS/c1-10-3-5-12(6-4-10)19-9-14(18)13-7-11(2)8-17-15(13)16/h3-8H,9H2,1-2H3,(H2,16,17). The van der Waals surface area contributed by atoms with Crippen LogP contribution in [0.4, 0.5) is 5.82 Å². The summed E-state index contributed by atoms with van der Waals surface area (Å²) in [6.07, 6.45) is 1.67. The zero-order valence-electron chi connectivity index (χ0n) is 11.0. The van der Waals surface area contributed by atoms with Crippen LogP contribution in [0.3, 0.4) is 0 Å². The van der Waals surface area contributed by atoms with Crippen LogP contribution in [0.25, 0.3) is 0 Å². The topological polar surface area (TPSA) is 56.0 Å². The Bertz CT molecular complexity index is 594. The van der Waals surface area contributed by atoms with Crippen LogP contribution in [0.5, 0.6) is 0 Å². The van der Waals surface area contributed by atoms with Gasteiger partial charge in [0.05, 0.1) is 11.3 Å². The monoisotopic (exact) mass is 272 g/mol. The summed E-state index contributed by atoms with van der Waals surface area (Å²) < 4.78 is 0. The lowest BCUT2D eigenvalue weighted by atomic mass is 10.1. The number of carbonyl (C=O) groups is 1. The molecule has 0 aliphatic carbocycles. The molecular weight excluding hydrogens is 256 g/mol. The molecule has 19 heavy (non-hydrogen) atoms. The third kappa shape index (κ3) is 3.58. The molecule has 0 aliphatic rings. The lowest BCUT2D eigenvalue weighted by Gasteiger charge is -2.05. The number of anilines is 1. The van der Waals surface area contributed by atoms with Gasteiger partial charge in [-0.25, -0.2) is 4.98 Å². The zero-order chi connectivity index (χ0) is 13.8. The molecule has 2 aromatic rings. The lowest BCUT2D eigenvalue weighted by Crippen LogP contribution is -2.08. The average Bonchev–Trinajstić information content (AvgIpc) is 2.40. The van der Waals surface area contributed by atoms with Crippen LogP contribution in [0, 0.1) is 13.8 Å². The van der Waals surface area contributed by atoms with E-state index in [0.29, 0.717) is 17.1 Å². The number of aromatic nitrogens is 1. The summed E-state index contributed by atoms with van der Waals surface area (Å²) in [5, 5.41) is 0. The summed E-state index contributed by atoms with van der Waals surface area (Å²) in [5.74, 6) is 0.692. The molecule has 3 nitrogen and oxygen atoms in total. The van der Waals surface area contributed by atoms with Gasteiger partial charge in [-0.3, -0.25) is 4.79 Å². The molecule has 0 saturated carbocycles. The molecular formula is C15H16N2OS. The van der Waals surface area contributed by atoms with Crippen molar-refractivity contribution >= 4 is 23.4 Å². The molecule has 0 aliphatic heterocycles. The van der Waals surface area contributed by atoms with Gasteiger partial charge in [0, 0.05) is 11.1 Å². The summed E-state index contributed by atoms with van der Waals surface area (Å²) in [5.41, 5.74) is 8.40. The van der Waals surface area contributed by atoms with Crippen molar-refractivity contribution in [2.75, 3.05) is 11.5 Å². The number of nitrogens with zero attached hydrogens (tertiary/aromatic N) is 1. The minimum atomic E-state index is 0.0132. The van der Waals surface area contributed by atoms with Gasteiger partial charge in [-0.1, -0.05) is 17.7 Å². The predicted molar refractivity (Wildman–Crippen MR) is 79.6 cm³/mol. The molecule has 1 aromatic heterocycles. The number of hydrogen-bond donors (Lipinski definition) is 1.